The van der Waals surface area contributed by atoms with Crippen molar-refractivity contribution in [2.45, 2.75) is 39.2 Å². The van der Waals surface area contributed by atoms with Crippen LogP contribution >= 0.6 is 0 Å². The second-order valence-corrected chi connectivity index (χ2v) is 5.25. The molecule has 2 rings (SSSR count). The predicted molar refractivity (Wildman–Crippen MR) is 50.6 cm³/mol. The normalized spacial score (nSPS) is 35.4. The highest BCUT2D eigenvalue weighted by molar-refractivity contribution is 5.94. The first-order chi connectivity index (χ1) is 6.40. The van der Waals surface area contributed by atoms with Crippen molar-refractivity contribution in [2.75, 3.05) is 0 Å². The standard InChI is InChI=1S/C11H16O3/c1-11(2,3)14-10(13)9-6-4-5-7(12)8(6)9/h6,8-9H,4-5H2,1-3H3/t6-,8-,9+/m1/s1. The van der Waals surface area contributed by atoms with Gasteiger partial charge in [-0.1, -0.05) is 0 Å². The second-order valence-electron chi connectivity index (χ2n) is 5.25. The van der Waals surface area contributed by atoms with Gasteiger partial charge in [-0.25, -0.2) is 0 Å². The summed E-state index contributed by atoms with van der Waals surface area (Å²) in [6, 6.07) is 0. The van der Waals surface area contributed by atoms with E-state index in [0.29, 0.717) is 12.3 Å². The van der Waals surface area contributed by atoms with Crippen molar-refractivity contribution in [2.24, 2.45) is 17.8 Å². The summed E-state index contributed by atoms with van der Waals surface area (Å²) in [5.41, 5.74) is -0.434. The average Bonchev–Trinajstić information content (AvgIpc) is 2.61. The summed E-state index contributed by atoms with van der Waals surface area (Å²) >= 11 is 0. The van der Waals surface area contributed by atoms with Crippen molar-refractivity contribution in [3.63, 3.8) is 0 Å². The molecule has 0 heterocycles. The lowest BCUT2D eigenvalue weighted by Gasteiger charge is -2.19. The van der Waals surface area contributed by atoms with Crippen LogP contribution in [0.5, 0.6) is 0 Å². The quantitative estimate of drug-likeness (QED) is 0.598. The molecular weight excluding hydrogens is 180 g/mol. The van der Waals surface area contributed by atoms with Gasteiger partial charge in [0.25, 0.3) is 0 Å². The van der Waals surface area contributed by atoms with Gasteiger partial charge in [-0.15, -0.1) is 0 Å². The van der Waals surface area contributed by atoms with Crippen molar-refractivity contribution in [3.05, 3.63) is 0 Å². The third-order valence-electron chi connectivity index (χ3n) is 2.94. The second kappa shape index (κ2) is 2.81. The SMILES string of the molecule is CC(C)(C)OC(=O)[C@H]1[C@@H]2CCC(=O)[C@@H]21. The fourth-order valence-corrected chi connectivity index (χ4v) is 2.34. The van der Waals surface area contributed by atoms with E-state index in [1.807, 2.05) is 20.8 Å². The highest BCUT2D eigenvalue weighted by Gasteiger charge is 2.62. The predicted octanol–water partition coefficient (Wildman–Crippen LogP) is 1.55. The van der Waals surface area contributed by atoms with Crippen molar-refractivity contribution in [1.82, 2.24) is 0 Å². The zero-order valence-electron chi connectivity index (χ0n) is 8.87. The van der Waals surface area contributed by atoms with Crippen LogP contribution in [0.2, 0.25) is 0 Å². The van der Waals surface area contributed by atoms with Crippen LogP contribution in [0.15, 0.2) is 0 Å². The molecule has 3 heteroatoms. The van der Waals surface area contributed by atoms with Gasteiger partial charge in [0.1, 0.15) is 11.4 Å². The molecule has 0 aromatic heterocycles. The largest absolute Gasteiger partial charge is 0.460 e. The zero-order chi connectivity index (χ0) is 10.5. The Labute approximate surface area is 83.8 Å². The number of carbonyl (C=O) groups excluding carboxylic acids is 2. The smallest absolute Gasteiger partial charge is 0.310 e. The Kier molecular flexibility index (Phi) is 1.95. The number of ether oxygens (including phenoxy) is 1. The van der Waals surface area contributed by atoms with Crippen LogP contribution in [-0.4, -0.2) is 17.4 Å². The third kappa shape index (κ3) is 1.56. The van der Waals surface area contributed by atoms with E-state index in [2.05, 4.69) is 0 Å². The Morgan fingerprint density at radius 2 is 2.07 bits per heavy atom. The fourth-order valence-electron chi connectivity index (χ4n) is 2.34. The van der Waals surface area contributed by atoms with Crippen LogP contribution in [0.4, 0.5) is 0 Å². The van der Waals surface area contributed by atoms with E-state index in [9.17, 15) is 9.59 Å². The molecule has 0 N–H and O–H groups in total. The van der Waals surface area contributed by atoms with Gasteiger partial charge in [-0.05, 0) is 33.1 Å². The summed E-state index contributed by atoms with van der Waals surface area (Å²) < 4.78 is 5.26. The molecule has 0 spiro atoms. The van der Waals surface area contributed by atoms with Crippen LogP contribution in [0.25, 0.3) is 0 Å². The maximum Gasteiger partial charge on any atom is 0.310 e. The van der Waals surface area contributed by atoms with Gasteiger partial charge in [0.15, 0.2) is 0 Å². The van der Waals surface area contributed by atoms with E-state index in [1.54, 1.807) is 0 Å². The summed E-state index contributed by atoms with van der Waals surface area (Å²) in [5, 5.41) is 0. The molecule has 2 fully saturated rings. The molecule has 0 radical (unpaired) electrons. The first kappa shape index (κ1) is 9.69. The van der Waals surface area contributed by atoms with E-state index in [1.165, 1.54) is 0 Å². The Hall–Kier alpha value is -0.860. The van der Waals surface area contributed by atoms with E-state index >= 15 is 0 Å². The number of rotatable bonds is 1. The molecule has 0 aromatic rings. The molecule has 2 aliphatic rings. The first-order valence-electron chi connectivity index (χ1n) is 5.16. The lowest BCUT2D eigenvalue weighted by Crippen LogP contribution is -2.26. The van der Waals surface area contributed by atoms with Gasteiger partial charge in [-0.3, -0.25) is 9.59 Å². The summed E-state index contributed by atoms with van der Waals surface area (Å²) in [5.74, 6) is 0.268. The number of Topliss-reactive ketones (excluding diaryl/α,β-unsaturated/α-hetero) is 1. The summed E-state index contributed by atoms with van der Waals surface area (Å²) in [6.45, 7) is 5.56. The van der Waals surface area contributed by atoms with Crippen LogP contribution in [0, 0.1) is 17.8 Å². The summed E-state index contributed by atoms with van der Waals surface area (Å²) in [4.78, 5) is 22.9. The summed E-state index contributed by atoms with van der Waals surface area (Å²) in [7, 11) is 0. The number of carbonyl (C=O) groups is 2. The third-order valence-corrected chi connectivity index (χ3v) is 2.94. The van der Waals surface area contributed by atoms with Crippen LogP contribution < -0.4 is 0 Å². The van der Waals surface area contributed by atoms with E-state index in [4.69, 9.17) is 4.74 Å². The Morgan fingerprint density at radius 1 is 1.43 bits per heavy atom. The number of ketones is 1. The molecule has 3 nitrogen and oxygen atoms in total. The maximum atomic E-state index is 11.6. The lowest BCUT2D eigenvalue weighted by atomic mass is 10.1. The number of hydrogen-bond acceptors (Lipinski definition) is 3. The minimum absolute atomic E-state index is 0.00449. The van der Waals surface area contributed by atoms with Gasteiger partial charge in [0.05, 0.1) is 5.92 Å². The lowest BCUT2D eigenvalue weighted by molar-refractivity contribution is -0.158. The molecule has 0 aromatic carbocycles. The molecule has 0 saturated heterocycles. The van der Waals surface area contributed by atoms with Crippen LogP contribution in [0.3, 0.4) is 0 Å². The van der Waals surface area contributed by atoms with Crippen molar-refractivity contribution < 1.29 is 14.3 Å². The number of fused-ring (bicyclic) bond motifs is 1. The summed E-state index contributed by atoms with van der Waals surface area (Å²) in [6.07, 6.45) is 1.54. The Balaban J connectivity index is 1.94. The minimum atomic E-state index is -0.434. The molecule has 78 valence electrons. The van der Waals surface area contributed by atoms with Crippen LogP contribution in [-0.2, 0) is 14.3 Å². The van der Waals surface area contributed by atoms with Crippen molar-refractivity contribution in [3.8, 4) is 0 Å². The van der Waals surface area contributed by atoms with Crippen molar-refractivity contribution >= 4 is 11.8 Å². The topological polar surface area (TPSA) is 43.4 Å². The van der Waals surface area contributed by atoms with E-state index in [0.717, 1.165) is 6.42 Å². The van der Waals surface area contributed by atoms with Crippen molar-refractivity contribution in [1.29, 1.82) is 0 Å². The molecule has 0 aliphatic heterocycles. The monoisotopic (exact) mass is 196 g/mol. The van der Waals surface area contributed by atoms with E-state index in [-0.39, 0.29) is 23.6 Å². The zero-order valence-corrected chi connectivity index (χ0v) is 8.87. The average molecular weight is 196 g/mol. The molecule has 3 atom stereocenters. The Bertz CT molecular complexity index is 287. The molecular formula is C11H16O3. The number of esters is 1. The molecule has 0 unspecified atom stereocenters. The molecule has 0 bridgehead atoms. The minimum Gasteiger partial charge on any atom is -0.460 e. The van der Waals surface area contributed by atoms with Gasteiger partial charge >= 0.3 is 5.97 Å². The van der Waals surface area contributed by atoms with Crippen LogP contribution in [0.1, 0.15) is 33.6 Å². The highest BCUT2D eigenvalue weighted by Crippen LogP contribution is 2.56. The fraction of sp³-hybridized carbons (Fsp3) is 0.818. The van der Waals surface area contributed by atoms with Gasteiger partial charge in [0.2, 0.25) is 0 Å². The molecule has 2 saturated carbocycles. The van der Waals surface area contributed by atoms with Gasteiger partial charge in [-0.2, -0.15) is 0 Å². The molecule has 2 aliphatic carbocycles. The van der Waals surface area contributed by atoms with E-state index < -0.39 is 5.60 Å². The number of hydrogen-bond donors (Lipinski definition) is 0. The molecule has 0 amide bonds. The van der Waals surface area contributed by atoms with Gasteiger partial charge < -0.3 is 4.74 Å². The Morgan fingerprint density at radius 3 is 2.50 bits per heavy atom. The highest BCUT2D eigenvalue weighted by atomic mass is 16.6. The van der Waals surface area contributed by atoms with Gasteiger partial charge in [0, 0.05) is 12.3 Å². The first-order valence-corrected chi connectivity index (χ1v) is 5.16. The molecule has 14 heavy (non-hydrogen) atoms. The maximum absolute atomic E-state index is 11.6.